The number of nitrogens with zero attached hydrogens (tertiary/aromatic N) is 3. The van der Waals surface area contributed by atoms with Crippen LogP contribution in [0.25, 0.3) is 10.4 Å². The molecule has 2 fully saturated rings. The van der Waals surface area contributed by atoms with Crippen molar-refractivity contribution < 1.29 is 14.3 Å². The molecule has 3 heterocycles. The maximum atomic E-state index is 13.1. The maximum Gasteiger partial charge on any atom is 0.265 e. The zero-order chi connectivity index (χ0) is 23.8. The molecule has 0 radical (unpaired) electrons. The second-order valence-electron chi connectivity index (χ2n) is 9.15. The number of piperidine rings is 1. The molecule has 4 rings (SSSR count). The van der Waals surface area contributed by atoms with Crippen molar-refractivity contribution >= 4 is 23.2 Å². The summed E-state index contributed by atoms with van der Waals surface area (Å²) in [6.45, 7) is 7.52. The fraction of sp³-hybridized carbons (Fsp3) is 0.538. The van der Waals surface area contributed by atoms with Gasteiger partial charge in [-0.15, -0.1) is 11.3 Å². The molecule has 0 bridgehead atoms. The number of carbonyl (C=O) groups is 2. The molecule has 0 atom stereocenters. The smallest absolute Gasteiger partial charge is 0.265 e. The highest BCUT2D eigenvalue weighted by Crippen LogP contribution is 2.36. The number of hydrogen-bond acceptors (Lipinski definition) is 6. The first-order valence-electron chi connectivity index (χ1n) is 12.4. The SMILES string of the molecule is CN1CCN(CCCNC(=O)c2sc(-c3ccccc3)cc2OCC(=O)N2CCCCC2)CC1. The van der Waals surface area contributed by atoms with E-state index in [4.69, 9.17) is 4.74 Å². The number of nitrogens with one attached hydrogen (secondary N) is 1. The van der Waals surface area contributed by atoms with Crippen molar-refractivity contribution in [3.8, 4) is 16.2 Å². The first-order chi connectivity index (χ1) is 16.6. The zero-order valence-electron chi connectivity index (χ0n) is 20.1. The summed E-state index contributed by atoms with van der Waals surface area (Å²) in [5.74, 6) is 0.349. The minimum absolute atomic E-state index is 0.00862. The maximum absolute atomic E-state index is 13.1. The molecule has 2 aliphatic rings. The van der Waals surface area contributed by atoms with Gasteiger partial charge in [0, 0.05) is 50.7 Å². The van der Waals surface area contributed by atoms with Crippen LogP contribution >= 0.6 is 11.3 Å². The van der Waals surface area contributed by atoms with E-state index >= 15 is 0 Å². The number of amides is 2. The van der Waals surface area contributed by atoms with E-state index in [2.05, 4.69) is 22.2 Å². The summed E-state index contributed by atoms with van der Waals surface area (Å²) in [5, 5.41) is 3.06. The van der Waals surface area contributed by atoms with E-state index in [1.165, 1.54) is 17.8 Å². The van der Waals surface area contributed by atoms with Crippen molar-refractivity contribution in [2.75, 3.05) is 66.0 Å². The molecular formula is C26H36N4O3S. The molecule has 184 valence electrons. The fourth-order valence-electron chi connectivity index (χ4n) is 4.41. The number of carbonyl (C=O) groups excluding carboxylic acids is 2. The predicted octanol–water partition coefficient (Wildman–Crippen LogP) is 3.17. The Morgan fingerprint density at radius 3 is 2.47 bits per heavy atom. The van der Waals surface area contributed by atoms with E-state index in [0.717, 1.165) is 75.5 Å². The van der Waals surface area contributed by atoms with E-state index in [1.807, 2.05) is 41.3 Å². The van der Waals surface area contributed by atoms with Crippen LogP contribution in [0, 0.1) is 0 Å². The molecule has 0 unspecified atom stereocenters. The summed E-state index contributed by atoms with van der Waals surface area (Å²) >= 11 is 1.42. The van der Waals surface area contributed by atoms with Crippen molar-refractivity contribution in [2.45, 2.75) is 25.7 Å². The molecule has 2 saturated heterocycles. The number of hydrogen-bond donors (Lipinski definition) is 1. The van der Waals surface area contributed by atoms with Crippen LogP contribution in [-0.4, -0.2) is 92.5 Å². The highest BCUT2D eigenvalue weighted by atomic mass is 32.1. The minimum atomic E-state index is -0.133. The van der Waals surface area contributed by atoms with Crippen molar-refractivity contribution in [3.05, 3.63) is 41.3 Å². The normalized spacial score (nSPS) is 17.5. The van der Waals surface area contributed by atoms with Crippen LogP contribution in [0.15, 0.2) is 36.4 Å². The van der Waals surface area contributed by atoms with Gasteiger partial charge in [-0.25, -0.2) is 0 Å². The van der Waals surface area contributed by atoms with Gasteiger partial charge in [0.25, 0.3) is 11.8 Å². The molecule has 0 aliphatic carbocycles. The summed E-state index contributed by atoms with van der Waals surface area (Å²) in [5.41, 5.74) is 1.04. The number of thiophene rings is 1. The third-order valence-electron chi connectivity index (χ3n) is 6.56. The largest absolute Gasteiger partial charge is 0.482 e. The number of ether oxygens (including phenoxy) is 1. The van der Waals surface area contributed by atoms with Gasteiger partial charge >= 0.3 is 0 Å². The topological polar surface area (TPSA) is 65.1 Å². The Morgan fingerprint density at radius 1 is 1.00 bits per heavy atom. The fourth-order valence-corrected chi connectivity index (χ4v) is 5.44. The third-order valence-corrected chi connectivity index (χ3v) is 7.72. The number of benzene rings is 1. The molecule has 34 heavy (non-hydrogen) atoms. The summed E-state index contributed by atoms with van der Waals surface area (Å²) < 4.78 is 5.93. The molecule has 8 heteroatoms. The summed E-state index contributed by atoms with van der Waals surface area (Å²) in [6.07, 6.45) is 4.18. The van der Waals surface area contributed by atoms with E-state index in [1.54, 1.807) is 0 Å². The lowest BCUT2D eigenvalue weighted by molar-refractivity contribution is -0.134. The molecule has 1 N–H and O–H groups in total. The van der Waals surface area contributed by atoms with Gasteiger partial charge in [0.05, 0.1) is 0 Å². The molecule has 1 aromatic heterocycles. The molecule has 2 aromatic rings. The second-order valence-corrected chi connectivity index (χ2v) is 10.2. The third kappa shape index (κ3) is 6.81. The number of likely N-dealkylation sites (N-methyl/N-ethyl adjacent to an activating group) is 1. The Hall–Kier alpha value is -2.42. The van der Waals surface area contributed by atoms with Gasteiger partial charge in [-0.2, -0.15) is 0 Å². The van der Waals surface area contributed by atoms with Crippen LogP contribution in [0.1, 0.15) is 35.4 Å². The average molecular weight is 485 g/mol. The predicted molar refractivity (Wildman–Crippen MR) is 137 cm³/mol. The second kappa shape index (κ2) is 12.3. The molecule has 2 aliphatic heterocycles. The Kier molecular flexibility index (Phi) is 8.96. The first-order valence-corrected chi connectivity index (χ1v) is 13.2. The Labute approximate surface area is 206 Å². The number of piperazine rings is 1. The van der Waals surface area contributed by atoms with Crippen LogP contribution in [0.4, 0.5) is 0 Å². The van der Waals surface area contributed by atoms with Crippen LogP contribution in [0.3, 0.4) is 0 Å². The van der Waals surface area contributed by atoms with Crippen molar-refractivity contribution in [2.24, 2.45) is 0 Å². The van der Waals surface area contributed by atoms with E-state index in [-0.39, 0.29) is 18.4 Å². The Morgan fingerprint density at radius 2 is 1.74 bits per heavy atom. The van der Waals surface area contributed by atoms with Gasteiger partial charge in [-0.3, -0.25) is 9.59 Å². The van der Waals surface area contributed by atoms with Crippen LogP contribution < -0.4 is 10.1 Å². The molecule has 0 saturated carbocycles. The molecule has 0 spiro atoms. The lowest BCUT2D eigenvalue weighted by Gasteiger charge is -2.32. The summed E-state index contributed by atoms with van der Waals surface area (Å²) in [7, 11) is 2.15. The highest BCUT2D eigenvalue weighted by molar-refractivity contribution is 7.17. The van der Waals surface area contributed by atoms with Gasteiger partial charge in [0.15, 0.2) is 6.61 Å². The number of rotatable bonds is 9. The molecular weight excluding hydrogens is 448 g/mol. The zero-order valence-corrected chi connectivity index (χ0v) is 20.9. The van der Waals surface area contributed by atoms with Crippen LogP contribution in [-0.2, 0) is 4.79 Å². The van der Waals surface area contributed by atoms with Crippen LogP contribution in [0.2, 0.25) is 0 Å². The summed E-state index contributed by atoms with van der Waals surface area (Å²) in [4.78, 5) is 33.8. The van der Waals surface area contributed by atoms with Gasteiger partial charge in [-0.05, 0) is 50.9 Å². The Balaban J connectivity index is 1.36. The quantitative estimate of drug-likeness (QED) is 0.554. The van der Waals surface area contributed by atoms with Crippen molar-refractivity contribution in [1.29, 1.82) is 0 Å². The summed E-state index contributed by atoms with van der Waals surface area (Å²) in [6, 6.07) is 11.9. The highest BCUT2D eigenvalue weighted by Gasteiger charge is 2.22. The van der Waals surface area contributed by atoms with Gasteiger partial charge in [0.1, 0.15) is 10.6 Å². The first kappa shape index (κ1) is 24.7. The van der Waals surface area contributed by atoms with Crippen molar-refractivity contribution in [1.82, 2.24) is 20.0 Å². The van der Waals surface area contributed by atoms with Gasteiger partial charge in [-0.1, -0.05) is 30.3 Å². The minimum Gasteiger partial charge on any atom is -0.482 e. The van der Waals surface area contributed by atoms with Gasteiger partial charge < -0.3 is 24.8 Å². The van der Waals surface area contributed by atoms with Crippen molar-refractivity contribution in [3.63, 3.8) is 0 Å². The molecule has 2 amide bonds. The lowest BCUT2D eigenvalue weighted by Crippen LogP contribution is -2.45. The van der Waals surface area contributed by atoms with E-state index in [9.17, 15) is 9.59 Å². The molecule has 7 nitrogen and oxygen atoms in total. The monoisotopic (exact) mass is 484 g/mol. The standard InChI is InChI=1S/C26H36N4O3S/c1-28-15-17-29(18-16-28)12-8-11-27-26(32)25-22(19-23(34-25)21-9-4-2-5-10-21)33-20-24(31)30-13-6-3-7-14-30/h2,4-5,9-10,19H,3,6-8,11-18,20H2,1H3,(H,27,32). The lowest BCUT2D eigenvalue weighted by atomic mass is 10.1. The van der Waals surface area contributed by atoms with Gasteiger partial charge in [0.2, 0.25) is 0 Å². The molecule has 1 aromatic carbocycles. The Bertz CT molecular complexity index is 935. The average Bonchev–Trinajstić information content (AvgIpc) is 3.31. The van der Waals surface area contributed by atoms with Crippen LogP contribution in [0.5, 0.6) is 5.75 Å². The van der Waals surface area contributed by atoms with E-state index in [0.29, 0.717) is 17.2 Å². The number of likely N-dealkylation sites (tertiary alicyclic amines) is 1. The van der Waals surface area contributed by atoms with E-state index < -0.39 is 0 Å².